The summed E-state index contributed by atoms with van der Waals surface area (Å²) in [5.74, 6) is 1.74. The van der Waals surface area contributed by atoms with E-state index in [9.17, 15) is 0 Å². The molecule has 4 heterocycles. The van der Waals surface area contributed by atoms with E-state index in [-0.39, 0.29) is 6.71 Å². The van der Waals surface area contributed by atoms with Gasteiger partial charge in [-0.25, -0.2) is 0 Å². The Morgan fingerprint density at radius 1 is 0.385 bits per heavy atom. The molecule has 0 atom stereocenters. The van der Waals surface area contributed by atoms with E-state index in [0.29, 0.717) is 0 Å². The average molecular weight is 662 g/mol. The van der Waals surface area contributed by atoms with Gasteiger partial charge in [0.25, 0.3) is 6.71 Å². The Hall–Kier alpha value is -6.78. The van der Waals surface area contributed by atoms with Crippen molar-refractivity contribution >= 4 is 83.1 Å². The summed E-state index contributed by atoms with van der Waals surface area (Å²) < 4.78 is 16.4. The van der Waals surface area contributed by atoms with Gasteiger partial charge in [-0.1, -0.05) is 140 Å². The first-order valence-corrected chi connectivity index (χ1v) is 17.9. The molecule has 0 bridgehead atoms. The predicted molar refractivity (Wildman–Crippen MR) is 217 cm³/mol. The van der Waals surface area contributed by atoms with Gasteiger partial charge in [-0.05, 0) is 69.0 Å². The van der Waals surface area contributed by atoms with Crippen molar-refractivity contribution in [3.05, 3.63) is 170 Å². The maximum Gasteiger partial charge on any atom is 0.255 e. The molecule has 3 aromatic heterocycles. The number of para-hydroxylation sites is 3. The molecule has 240 valence electrons. The van der Waals surface area contributed by atoms with Crippen molar-refractivity contribution in [3.63, 3.8) is 0 Å². The summed E-state index contributed by atoms with van der Waals surface area (Å²) in [4.78, 5) is 0. The highest BCUT2D eigenvalue weighted by Crippen LogP contribution is 2.45. The van der Waals surface area contributed by atoms with E-state index >= 15 is 0 Å². The molecule has 8 aromatic carbocycles. The number of furan rings is 1. The molecule has 0 unspecified atom stereocenters. The van der Waals surface area contributed by atoms with E-state index in [2.05, 4.69) is 174 Å². The molecule has 0 saturated heterocycles. The molecule has 0 spiro atoms. The lowest BCUT2D eigenvalue weighted by molar-refractivity contribution is 0.487. The SMILES string of the molecule is c1ccc(-c2ccc3c(c2)B(c2cccc4c2oc2c4cc4c5ccccc5n5c6ccccc6c2c45)c2cc(-c4ccccc4)ccc2O3)cc1. The third-order valence-corrected chi connectivity index (χ3v) is 11.3. The molecule has 52 heavy (non-hydrogen) atoms. The number of hydrogen-bond donors (Lipinski definition) is 0. The van der Waals surface area contributed by atoms with Gasteiger partial charge >= 0.3 is 0 Å². The maximum atomic E-state index is 7.26. The highest BCUT2D eigenvalue weighted by atomic mass is 16.5. The van der Waals surface area contributed by atoms with Crippen LogP contribution in [-0.2, 0) is 0 Å². The molecular weight excluding hydrogens is 633 g/mol. The van der Waals surface area contributed by atoms with Crippen LogP contribution in [0.5, 0.6) is 11.5 Å². The number of benzene rings is 8. The lowest BCUT2D eigenvalue weighted by atomic mass is 9.35. The second-order valence-corrected chi connectivity index (χ2v) is 14.0. The van der Waals surface area contributed by atoms with Crippen LogP contribution >= 0.6 is 0 Å². The van der Waals surface area contributed by atoms with Crippen LogP contribution in [0.2, 0.25) is 0 Å². The average Bonchev–Trinajstić information content (AvgIpc) is 3.87. The van der Waals surface area contributed by atoms with Gasteiger partial charge in [-0.15, -0.1) is 0 Å². The van der Waals surface area contributed by atoms with Crippen molar-refractivity contribution in [1.82, 2.24) is 4.40 Å². The van der Waals surface area contributed by atoms with Gasteiger partial charge in [-0.2, -0.15) is 0 Å². The Labute approximate surface area is 299 Å². The minimum Gasteiger partial charge on any atom is -0.458 e. The monoisotopic (exact) mass is 661 g/mol. The summed E-state index contributed by atoms with van der Waals surface area (Å²) in [6.45, 7) is -0.125. The van der Waals surface area contributed by atoms with E-state index < -0.39 is 0 Å². The first-order valence-electron chi connectivity index (χ1n) is 17.9. The van der Waals surface area contributed by atoms with Gasteiger partial charge in [0.05, 0.1) is 21.9 Å². The quantitative estimate of drug-likeness (QED) is 0.176. The molecule has 0 N–H and O–H groups in total. The lowest BCUT2D eigenvalue weighted by Gasteiger charge is -2.28. The van der Waals surface area contributed by atoms with Crippen LogP contribution < -0.4 is 21.1 Å². The fourth-order valence-corrected chi connectivity index (χ4v) is 8.98. The number of aromatic nitrogens is 1. The maximum absolute atomic E-state index is 7.26. The molecule has 0 fully saturated rings. The largest absolute Gasteiger partial charge is 0.458 e. The minimum absolute atomic E-state index is 0.125. The first kappa shape index (κ1) is 28.0. The Bertz CT molecular complexity index is 3120. The van der Waals surface area contributed by atoms with Gasteiger partial charge in [-0.3, -0.25) is 0 Å². The molecule has 11 aromatic rings. The third kappa shape index (κ3) is 3.76. The first-order chi connectivity index (χ1) is 25.8. The summed E-state index contributed by atoms with van der Waals surface area (Å²) in [6.07, 6.45) is 0. The highest BCUT2D eigenvalue weighted by molar-refractivity contribution is 6.98. The minimum atomic E-state index is -0.125. The van der Waals surface area contributed by atoms with Crippen molar-refractivity contribution in [1.29, 1.82) is 0 Å². The number of fused-ring (bicyclic) bond motifs is 12. The summed E-state index contributed by atoms with van der Waals surface area (Å²) in [5.41, 5.74) is 13.6. The molecule has 1 aliphatic rings. The number of hydrogen-bond acceptors (Lipinski definition) is 2. The van der Waals surface area contributed by atoms with Crippen LogP contribution in [0, 0.1) is 0 Å². The highest BCUT2D eigenvalue weighted by Gasteiger charge is 2.36. The zero-order chi connectivity index (χ0) is 33.9. The zero-order valence-electron chi connectivity index (χ0n) is 28.0. The molecule has 4 heteroatoms. The van der Waals surface area contributed by atoms with Gasteiger partial charge in [0, 0.05) is 26.9 Å². The molecule has 0 saturated carbocycles. The molecule has 0 radical (unpaired) electrons. The van der Waals surface area contributed by atoms with Crippen molar-refractivity contribution in [3.8, 4) is 33.8 Å². The second-order valence-electron chi connectivity index (χ2n) is 14.0. The van der Waals surface area contributed by atoms with Crippen molar-refractivity contribution < 1.29 is 9.15 Å². The van der Waals surface area contributed by atoms with E-state index in [0.717, 1.165) is 61.0 Å². The van der Waals surface area contributed by atoms with Gasteiger partial charge in [0.15, 0.2) is 0 Å². The summed E-state index contributed by atoms with van der Waals surface area (Å²) in [7, 11) is 0. The summed E-state index contributed by atoms with van der Waals surface area (Å²) in [6, 6.07) is 60.9. The van der Waals surface area contributed by atoms with Crippen LogP contribution in [0.15, 0.2) is 174 Å². The third-order valence-electron chi connectivity index (χ3n) is 11.3. The van der Waals surface area contributed by atoms with Crippen LogP contribution in [0.3, 0.4) is 0 Å². The van der Waals surface area contributed by atoms with E-state index in [1.807, 2.05) is 0 Å². The number of rotatable bonds is 3. The molecule has 3 nitrogen and oxygen atoms in total. The van der Waals surface area contributed by atoms with Crippen LogP contribution in [0.25, 0.3) is 82.3 Å². The van der Waals surface area contributed by atoms with E-state index in [4.69, 9.17) is 9.15 Å². The van der Waals surface area contributed by atoms with Gasteiger partial charge < -0.3 is 13.6 Å². The fourth-order valence-electron chi connectivity index (χ4n) is 8.98. The standard InChI is InChI=1S/C48H28BNO2/c1-3-12-29(13-4-1)31-22-24-43-39(26-31)49(40-27-32(23-25-44(40)51-43)30-14-5-2-6-15-30)38-19-11-18-34-37-28-36-33-16-7-9-20-41(33)50-42-21-10-8-17-35(42)45(46(36)50)48(37)52-47(34)38/h1-28H. The van der Waals surface area contributed by atoms with E-state index in [1.165, 1.54) is 49.2 Å². The molecular formula is C48H28BNO2. The predicted octanol–water partition coefficient (Wildman–Crippen LogP) is 10.7. The van der Waals surface area contributed by atoms with E-state index in [1.54, 1.807) is 0 Å². The number of ether oxygens (including phenoxy) is 1. The normalized spacial score (nSPS) is 12.7. The molecule has 0 aliphatic carbocycles. The van der Waals surface area contributed by atoms with Crippen molar-refractivity contribution in [2.45, 2.75) is 0 Å². The summed E-state index contributed by atoms with van der Waals surface area (Å²) in [5, 5.41) is 7.16. The fraction of sp³-hybridized carbons (Fsp3) is 0. The van der Waals surface area contributed by atoms with Crippen LogP contribution in [0.1, 0.15) is 0 Å². The number of nitrogens with zero attached hydrogens (tertiary/aromatic N) is 1. The van der Waals surface area contributed by atoms with Crippen LogP contribution in [0.4, 0.5) is 0 Å². The Balaban J connectivity index is 1.18. The zero-order valence-corrected chi connectivity index (χ0v) is 28.0. The Morgan fingerprint density at radius 2 is 0.962 bits per heavy atom. The topological polar surface area (TPSA) is 26.8 Å². The molecule has 0 amide bonds. The smallest absolute Gasteiger partial charge is 0.255 e. The molecule has 1 aliphatic heterocycles. The van der Waals surface area contributed by atoms with Gasteiger partial charge in [0.2, 0.25) is 0 Å². The molecule has 12 rings (SSSR count). The van der Waals surface area contributed by atoms with Crippen LogP contribution in [-0.4, -0.2) is 11.1 Å². The second kappa shape index (κ2) is 10.4. The van der Waals surface area contributed by atoms with Gasteiger partial charge in [0.1, 0.15) is 22.7 Å². The Kier molecular flexibility index (Phi) is 5.58. The van der Waals surface area contributed by atoms with Crippen molar-refractivity contribution in [2.75, 3.05) is 0 Å². The Morgan fingerprint density at radius 3 is 1.63 bits per heavy atom. The summed E-state index contributed by atoms with van der Waals surface area (Å²) >= 11 is 0. The lowest BCUT2D eigenvalue weighted by Crippen LogP contribution is -2.55. The van der Waals surface area contributed by atoms with Crippen molar-refractivity contribution in [2.24, 2.45) is 0 Å².